The molecule has 1 aliphatic rings. The van der Waals surface area contributed by atoms with Gasteiger partial charge in [-0.1, -0.05) is 6.92 Å². The van der Waals surface area contributed by atoms with Crippen LogP contribution in [0.1, 0.15) is 36.6 Å². The van der Waals surface area contributed by atoms with Crippen LogP contribution in [0.25, 0.3) is 0 Å². The van der Waals surface area contributed by atoms with Gasteiger partial charge < -0.3 is 15.5 Å². The van der Waals surface area contributed by atoms with Crippen LogP contribution >= 0.6 is 0 Å². The van der Waals surface area contributed by atoms with Gasteiger partial charge in [-0.15, -0.1) is 0 Å². The van der Waals surface area contributed by atoms with Crippen molar-refractivity contribution in [2.45, 2.75) is 46.2 Å². The third-order valence-electron chi connectivity index (χ3n) is 4.30. The van der Waals surface area contributed by atoms with Crippen molar-refractivity contribution in [2.24, 2.45) is 5.73 Å². The van der Waals surface area contributed by atoms with Gasteiger partial charge in [0.15, 0.2) is 0 Å². The quantitative estimate of drug-likeness (QED) is 0.918. The maximum atomic E-state index is 5.98. The van der Waals surface area contributed by atoms with Gasteiger partial charge in [0, 0.05) is 36.9 Å². The molecule has 1 atom stereocenters. The van der Waals surface area contributed by atoms with Gasteiger partial charge >= 0.3 is 0 Å². The van der Waals surface area contributed by atoms with Crippen molar-refractivity contribution in [3.8, 4) is 0 Å². The molecule has 2 N–H and O–H groups in total. The van der Waals surface area contributed by atoms with E-state index in [1.54, 1.807) is 0 Å². The molecule has 0 bridgehead atoms. The second-order valence-corrected chi connectivity index (χ2v) is 5.96. The van der Waals surface area contributed by atoms with Crippen LogP contribution in [0.5, 0.6) is 0 Å². The molecular formula is C16H28N4. The van der Waals surface area contributed by atoms with E-state index in [4.69, 9.17) is 10.7 Å². The Labute approximate surface area is 123 Å². The smallest absolute Gasteiger partial charge is 0.133 e. The summed E-state index contributed by atoms with van der Waals surface area (Å²) in [5.41, 5.74) is 9.54. The minimum absolute atomic E-state index is 0.529. The van der Waals surface area contributed by atoms with Crippen molar-refractivity contribution in [1.82, 2.24) is 9.88 Å². The van der Waals surface area contributed by atoms with Crippen LogP contribution in [0.4, 0.5) is 5.82 Å². The Kier molecular flexibility index (Phi) is 5.00. The van der Waals surface area contributed by atoms with Gasteiger partial charge in [0.25, 0.3) is 0 Å². The summed E-state index contributed by atoms with van der Waals surface area (Å²) >= 11 is 0. The number of likely N-dealkylation sites (N-methyl/N-ethyl adjacent to an activating group) is 1. The fourth-order valence-corrected chi connectivity index (χ4v) is 3.20. The van der Waals surface area contributed by atoms with Crippen molar-refractivity contribution >= 4 is 5.82 Å². The number of anilines is 1. The highest BCUT2D eigenvalue weighted by Gasteiger charge is 2.25. The maximum absolute atomic E-state index is 5.98. The van der Waals surface area contributed by atoms with Crippen molar-refractivity contribution in [1.29, 1.82) is 0 Å². The summed E-state index contributed by atoms with van der Waals surface area (Å²) in [5.74, 6) is 1.12. The third kappa shape index (κ3) is 3.13. The average molecular weight is 276 g/mol. The predicted molar refractivity (Wildman–Crippen MR) is 85.1 cm³/mol. The number of hydrogen-bond acceptors (Lipinski definition) is 4. The molecular weight excluding hydrogens is 248 g/mol. The fourth-order valence-electron chi connectivity index (χ4n) is 3.20. The first kappa shape index (κ1) is 15.3. The van der Waals surface area contributed by atoms with E-state index in [1.807, 2.05) is 0 Å². The first-order chi connectivity index (χ1) is 9.56. The summed E-state index contributed by atoms with van der Waals surface area (Å²) < 4.78 is 0. The third-order valence-corrected chi connectivity index (χ3v) is 4.30. The Morgan fingerprint density at radius 2 is 2.10 bits per heavy atom. The lowest BCUT2D eigenvalue weighted by Crippen LogP contribution is -2.41. The summed E-state index contributed by atoms with van der Waals surface area (Å²) in [5, 5.41) is 0. The van der Waals surface area contributed by atoms with Gasteiger partial charge in [-0.2, -0.15) is 0 Å². The topological polar surface area (TPSA) is 45.4 Å². The molecule has 1 saturated heterocycles. The second kappa shape index (κ2) is 6.55. The Bertz CT molecular complexity index is 458. The van der Waals surface area contributed by atoms with Crippen LogP contribution in [0, 0.1) is 13.8 Å². The lowest BCUT2D eigenvalue weighted by molar-refractivity contribution is 0.327. The fraction of sp³-hybridized carbons (Fsp3) is 0.688. The molecule has 1 unspecified atom stereocenters. The van der Waals surface area contributed by atoms with E-state index in [2.05, 4.69) is 43.7 Å². The predicted octanol–water partition coefficient (Wildman–Crippen LogP) is 2.08. The number of pyridine rings is 1. The molecule has 1 aromatic rings. The maximum Gasteiger partial charge on any atom is 0.133 e. The van der Waals surface area contributed by atoms with Crippen LogP contribution in [0.2, 0.25) is 0 Å². The van der Waals surface area contributed by atoms with Crippen molar-refractivity contribution in [2.75, 3.05) is 31.6 Å². The first-order valence-electron chi connectivity index (χ1n) is 7.69. The van der Waals surface area contributed by atoms with Crippen molar-refractivity contribution in [3.05, 3.63) is 22.9 Å². The van der Waals surface area contributed by atoms with E-state index in [0.717, 1.165) is 37.6 Å². The minimum atomic E-state index is 0.529. The van der Waals surface area contributed by atoms with Crippen LogP contribution < -0.4 is 10.6 Å². The number of aryl methyl sites for hydroxylation is 2. The number of nitrogens with two attached hydrogens (primary N) is 1. The molecule has 1 aliphatic heterocycles. The van der Waals surface area contributed by atoms with Gasteiger partial charge in [0.2, 0.25) is 0 Å². The lowest BCUT2D eigenvalue weighted by atomic mass is 10.1. The van der Waals surface area contributed by atoms with Gasteiger partial charge in [-0.25, -0.2) is 4.98 Å². The molecule has 0 amide bonds. The van der Waals surface area contributed by atoms with Crippen LogP contribution in [-0.4, -0.2) is 42.6 Å². The van der Waals surface area contributed by atoms with Gasteiger partial charge in [-0.3, -0.25) is 0 Å². The molecule has 4 nitrogen and oxygen atoms in total. The summed E-state index contributed by atoms with van der Waals surface area (Å²) in [6.07, 6.45) is 2.33. The molecule has 20 heavy (non-hydrogen) atoms. The van der Waals surface area contributed by atoms with Crippen LogP contribution in [-0.2, 0) is 6.54 Å². The summed E-state index contributed by atoms with van der Waals surface area (Å²) in [4.78, 5) is 9.74. The van der Waals surface area contributed by atoms with Crippen molar-refractivity contribution in [3.63, 3.8) is 0 Å². The standard InChI is InChI=1S/C16H28N4/c1-5-14-11-19(4)7-6-8-20(14)16-15(10-17)12(2)9-13(3)18-16/h9,14H,5-8,10-11,17H2,1-4H3. The second-order valence-electron chi connectivity index (χ2n) is 5.96. The first-order valence-corrected chi connectivity index (χ1v) is 7.69. The zero-order chi connectivity index (χ0) is 14.7. The minimum Gasteiger partial charge on any atom is -0.352 e. The summed E-state index contributed by atoms with van der Waals surface area (Å²) in [7, 11) is 2.21. The number of nitrogens with zero attached hydrogens (tertiary/aromatic N) is 3. The van der Waals surface area contributed by atoms with Gasteiger partial charge in [0.05, 0.1) is 0 Å². The molecule has 0 saturated carbocycles. The van der Waals surface area contributed by atoms with Gasteiger partial charge in [0.1, 0.15) is 5.82 Å². The summed E-state index contributed by atoms with van der Waals surface area (Å²) in [6.45, 7) is 10.4. The Hall–Kier alpha value is -1.13. The number of rotatable bonds is 3. The lowest BCUT2D eigenvalue weighted by Gasteiger charge is -2.33. The van der Waals surface area contributed by atoms with E-state index in [9.17, 15) is 0 Å². The molecule has 1 fully saturated rings. The molecule has 1 aromatic heterocycles. The molecule has 0 radical (unpaired) electrons. The Morgan fingerprint density at radius 1 is 1.35 bits per heavy atom. The zero-order valence-electron chi connectivity index (χ0n) is 13.3. The van der Waals surface area contributed by atoms with Crippen molar-refractivity contribution < 1.29 is 0 Å². The van der Waals surface area contributed by atoms with E-state index in [-0.39, 0.29) is 0 Å². The zero-order valence-corrected chi connectivity index (χ0v) is 13.3. The molecule has 2 rings (SSSR count). The van der Waals surface area contributed by atoms with E-state index < -0.39 is 0 Å². The molecule has 0 spiro atoms. The molecule has 0 aliphatic carbocycles. The molecule has 0 aromatic carbocycles. The molecule has 2 heterocycles. The van der Waals surface area contributed by atoms with E-state index >= 15 is 0 Å². The highest BCUT2D eigenvalue weighted by atomic mass is 15.3. The van der Waals surface area contributed by atoms with Gasteiger partial charge in [-0.05, 0) is 51.9 Å². The number of aromatic nitrogens is 1. The largest absolute Gasteiger partial charge is 0.352 e. The highest BCUT2D eigenvalue weighted by Crippen LogP contribution is 2.26. The Balaban J connectivity index is 2.42. The Morgan fingerprint density at radius 3 is 2.75 bits per heavy atom. The molecule has 112 valence electrons. The monoisotopic (exact) mass is 276 g/mol. The van der Waals surface area contributed by atoms with E-state index in [0.29, 0.717) is 12.6 Å². The molecule has 4 heteroatoms. The number of hydrogen-bond donors (Lipinski definition) is 1. The SMILES string of the molecule is CCC1CN(C)CCCN1c1nc(C)cc(C)c1CN. The van der Waals surface area contributed by atoms with Crippen LogP contribution in [0.15, 0.2) is 6.07 Å². The average Bonchev–Trinajstić information content (AvgIpc) is 2.59. The van der Waals surface area contributed by atoms with E-state index in [1.165, 1.54) is 17.5 Å². The summed E-state index contributed by atoms with van der Waals surface area (Å²) in [6, 6.07) is 2.66. The van der Waals surface area contributed by atoms with Crippen LogP contribution in [0.3, 0.4) is 0 Å². The normalized spacial score (nSPS) is 21.1. The highest BCUT2D eigenvalue weighted by molar-refractivity contribution is 5.52.